The zero-order valence-corrected chi connectivity index (χ0v) is 17.0. The van der Waals surface area contributed by atoms with Crippen LogP contribution in [0.2, 0.25) is 0 Å². The van der Waals surface area contributed by atoms with Gasteiger partial charge in [-0.2, -0.15) is 0 Å². The van der Waals surface area contributed by atoms with Gasteiger partial charge in [-0.25, -0.2) is 4.39 Å². The minimum atomic E-state index is -0.787. The highest BCUT2D eigenvalue weighted by atomic mass is 19.1. The molecule has 0 saturated carbocycles. The van der Waals surface area contributed by atoms with E-state index in [0.717, 1.165) is 16.7 Å². The summed E-state index contributed by atoms with van der Waals surface area (Å²) in [6, 6.07) is 19.9. The van der Waals surface area contributed by atoms with Crippen molar-refractivity contribution in [2.75, 3.05) is 7.11 Å². The van der Waals surface area contributed by atoms with E-state index in [2.05, 4.69) is 5.32 Å². The molecule has 0 aromatic heterocycles. The lowest BCUT2D eigenvalue weighted by Gasteiger charge is -2.19. The van der Waals surface area contributed by atoms with Gasteiger partial charge in [0.1, 0.15) is 11.6 Å². The van der Waals surface area contributed by atoms with Crippen molar-refractivity contribution < 1.29 is 18.7 Å². The smallest absolute Gasteiger partial charge is 0.254 e. The number of benzene rings is 3. The average molecular weight is 405 g/mol. The molecule has 1 unspecified atom stereocenters. The maximum Gasteiger partial charge on any atom is 0.254 e. The highest BCUT2D eigenvalue weighted by molar-refractivity contribution is 5.98. The van der Waals surface area contributed by atoms with E-state index in [9.17, 15) is 14.0 Å². The van der Waals surface area contributed by atoms with Gasteiger partial charge >= 0.3 is 0 Å². The third-order valence-electron chi connectivity index (χ3n) is 5.08. The predicted octanol–water partition coefficient (Wildman–Crippen LogP) is 4.30. The fourth-order valence-corrected chi connectivity index (χ4v) is 3.36. The second-order valence-corrected chi connectivity index (χ2v) is 7.08. The molecule has 4 nitrogen and oxygen atoms in total. The van der Waals surface area contributed by atoms with E-state index in [1.165, 1.54) is 18.2 Å². The third-order valence-corrected chi connectivity index (χ3v) is 5.08. The lowest BCUT2D eigenvalue weighted by molar-refractivity contribution is -0.120. The largest absolute Gasteiger partial charge is 0.496 e. The molecule has 0 radical (unpaired) electrons. The zero-order chi connectivity index (χ0) is 21.5. The first kappa shape index (κ1) is 21.2. The molecule has 0 aliphatic rings. The van der Waals surface area contributed by atoms with E-state index in [4.69, 9.17) is 4.74 Å². The van der Waals surface area contributed by atoms with E-state index >= 15 is 0 Å². The number of carbonyl (C=O) groups is 2. The maximum atomic E-state index is 14.0. The number of halogens is 1. The number of nitrogens with one attached hydrogen (secondary N) is 1. The standard InChI is InChI=1S/C25H24FNO3/c1-17-19(11-8-14-24(17)30-2)16-23(28)22(15-18-9-4-3-5-10-18)27-25(29)20-12-6-7-13-21(20)26/h3-14,22H,15-16H2,1-2H3,(H,27,29). The van der Waals surface area contributed by atoms with Crippen LogP contribution in [-0.4, -0.2) is 24.8 Å². The second-order valence-electron chi connectivity index (χ2n) is 7.08. The molecule has 30 heavy (non-hydrogen) atoms. The summed E-state index contributed by atoms with van der Waals surface area (Å²) < 4.78 is 19.4. The topological polar surface area (TPSA) is 55.4 Å². The molecular weight excluding hydrogens is 381 g/mol. The number of amides is 1. The van der Waals surface area contributed by atoms with Gasteiger partial charge in [-0.3, -0.25) is 9.59 Å². The summed E-state index contributed by atoms with van der Waals surface area (Å²) in [4.78, 5) is 25.8. The number of Topliss-reactive ketones (excluding diaryl/α,β-unsaturated/α-hetero) is 1. The molecule has 0 fully saturated rings. The van der Waals surface area contributed by atoms with Gasteiger partial charge in [-0.15, -0.1) is 0 Å². The molecule has 154 valence electrons. The molecule has 1 atom stereocenters. The van der Waals surface area contributed by atoms with Crippen LogP contribution < -0.4 is 10.1 Å². The number of ketones is 1. The molecule has 0 saturated heterocycles. The highest BCUT2D eigenvalue weighted by Gasteiger charge is 2.24. The predicted molar refractivity (Wildman–Crippen MR) is 114 cm³/mol. The molecule has 0 aliphatic heterocycles. The first-order chi connectivity index (χ1) is 14.5. The Kier molecular flexibility index (Phi) is 6.96. The Bertz CT molecular complexity index is 1030. The van der Waals surface area contributed by atoms with Crippen LogP contribution in [0.1, 0.15) is 27.0 Å². The summed E-state index contributed by atoms with van der Waals surface area (Å²) in [5.41, 5.74) is 2.54. The molecule has 1 N–H and O–H groups in total. The molecule has 3 aromatic rings. The minimum Gasteiger partial charge on any atom is -0.496 e. The molecule has 0 bridgehead atoms. The SMILES string of the molecule is COc1cccc(CC(=O)C(Cc2ccccc2)NC(=O)c2ccccc2F)c1C. The van der Waals surface area contributed by atoms with Crippen LogP contribution >= 0.6 is 0 Å². The Morgan fingerprint density at radius 2 is 1.67 bits per heavy atom. The van der Waals surface area contributed by atoms with Crippen LogP contribution in [0.15, 0.2) is 72.8 Å². The van der Waals surface area contributed by atoms with Gasteiger partial charge in [0.15, 0.2) is 5.78 Å². The van der Waals surface area contributed by atoms with Crippen molar-refractivity contribution in [1.82, 2.24) is 5.32 Å². The van der Waals surface area contributed by atoms with E-state index in [0.29, 0.717) is 12.2 Å². The molecule has 5 heteroatoms. The molecule has 0 spiro atoms. The van der Waals surface area contributed by atoms with E-state index < -0.39 is 17.8 Å². The highest BCUT2D eigenvalue weighted by Crippen LogP contribution is 2.22. The Labute approximate surface area is 175 Å². The normalized spacial score (nSPS) is 11.6. The van der Waals surface area contributed by atoms with Crippen LogP contribution in [0.3, 0.4) is 0 Å². The lowest BCUT2D eigenvalue weighted by atomic mass is 9.95. The summed E-state index contributed by atoms with van der Waals surface area (Å²) >= 11 is 0. The monoisotopic (exact) mass is 405 g/mol. The van der Waals surface area contributed by atoms with Crippen LogP contribution in [0.25, 0.3) is 0 Å². The lowest BCUT2D eigenvalue weighted by Crippen LogP contribution is -2.43. The zero-order valence-electron chi connectivity index (χ0n) is 17.0. The van der Waals surface area contributed by atoms with Gasteiger partial charge in [-0.1, -0.05) is 54.6 Å². The van der Waals surface area contributed by atoms with Crippen molar-refractivity contribution in [2.24, 2.45) is 0 Å². The summed E-state index contributed by atoms with van der Waals surface area (Å²) in [7, 11) is 1.58. The second kappa shape index (κ2) is 9.83. The summed E-state index contributed by atoms with van der Waals surface area (Å²) in [5.74, 6) is -0.676. The van der Waals surface area contributed by atoms with Crippen LogP contribution in [0.5, 0.6) is 5.75 Å². The van der Waals surface area contributed by atoms with Crippen molar-refractivity contribution >= 4 is 11.7 Å². The van der Waals surface area contributed by atoms with Crippen molar-refractivity contribution in [3.63, 3.8) is 0 Å². The van der Waals surface area contributed by atoms with Crippen molar-refractivity contribution in [2.45, 2.75) is 25.8 Å². The number of ether oxygens (including phenoxy) is 1. The summed E-state index contributed by atoms with van der Waals surface area (Å²) in [6.45, 7) is 1.89. The Balaban J connectivity index is 1.84. The number of carbonyl (C=O) groups excluding carboxylic acids is 2. The van der Waals surface area contributed by atoms with E-state index in [1.54, 1.807) is 13.2 Å². The van der Waals surface area contributed by atoms with Crippen molar-refractivity contribution in [3.05, 3.63) is 101 Å². The number of rotatable bonds is 8. The Hall–Kier alpha value is -3.47. The molecule has 3 aromatic carbocycles. The molecule has 0 heterocycles. The number of methoxy groups -OCH3 is 1. The van der Waals surface area contributed by atoms with Crippen LogP contribution in [0, 0.1) is 12.7 Å². The molecular formula is C25H24FNO3. The third kappa shape index (κ3) is 5.11. The van der Waals surface area contributed by atoms with Gasteiger partial charge in [-0.05, 0) is 48.2 Å². The average Bonchev–Trinajstić information content (AvgIpc) is 2.75. The summed E-state index contributed by atoms with van der Waals surface area (Å²) in [5, 5.41) is 2.73. The number of hydrogen-bond donors (Lipinski definition) is 1. The number of hydrogen-bond acceptors (Lipinski definition) is 3. The Morgan fingerprint density at radius 3 is 2.37 bits per heavy atom. The van der Waals surface area contributed by atoms with E-state index in [1.807, 2.05) is 55.5 Å². The van der Waals surface area contributed by atoms with Gasteiger partial charge in [0.2, 0.25) is 0 Å². The van der Waals surface area contributed by atoms with Gasteiger partial charge < -0.3 is 10.1 Å². The first-order valence-electron chi connectivity index (χ1n) is 9.74. The quantitative estimate of drug-likeness (QED) is 0.608. The van der Waals surface area contributed by atoms with Gasteiger partial charge in [0.05, 0.1) is 18.7 Å². The van der Waals surface area contributed by atoms with Crippen molar-refractivity contribution in [3.8, 4) is 5.75 Å². The Morgan fingerprint density at radius 1 is 0.967 bits per heavy atom. The van der Waals surface area contributed by atoms with Gasteiger partial charge in [0.25, 0.3) is 5.91 Å². The molecule has 3 rings (SSSR count). The van der Waals surface area contributed by atoms with Crippen LogP contribution in [0.4, 0.5) is 4.39 Å². The molecule has 1 amide bonds. The van der Waals surface area contributed by atoms with Crippen LogP contribution in [-0.2, 0) is 17.6 Å². The molecule has 0 aliphatic carbocycles. The minimum absolute atomic E-state index is 0.0825. The summed E-state index contributed by atoms with van der Waals surface area (Å²) in [6.07, 6.45) is 0.459. The van der Waals surface area contributed by atoms with E-state index in [-0.39, 0.29) is 17.8 Å². The fraction of sp³-hybridized carbons (Fsp3) is 0.200. The van der Waals surface area contributed by atoms with Crippen molar-refractivity contribution in [1.29, 1.82) is 0 Å². The first-order valence-corrected chi connectivity index (χ1v) is 9.74. The van der Waals surface area contributed by atoms with Gasteiger partial charge in [0, 0.05) is 6.42 Å². The maximum absolute atomic E-state index is 14.0. The fourth-order valence-electron chi connectivity index (χ4n) is 3.36.